The molecule has 0 bridgehead atoms. The standard InChI is InChI=1S/C14H15NO2Se/c1-4-17-14(16)12-10(3)15-13(18-12)11-7-5-9(2)6-8-11/h5-8H,4H2,1-3H3. The van der Waals surface area contributed by atoms with Gasteiger partial charge in [-0.2, -0.15) is 0 Å². The van der Waals surface area contributed by atoms with Gasteiger partial charge in [0.25, 0.3) is 0 Å². The van der Waals surface area contributed by atoms with Crippen molar-refractivity contribution >= 4 is 20.5 Å². The van der Waals surface area contributed by atoms with Crippen LogP contribution in [0.25, 0.3) is 10.1 Å². The fraction of sp³-hybridized carbons (Fsp3) is 0.286. The predicted octanol–water partition coefficient (Wildman–Crippen LogP) is 2.60. The van der Waals surface area contributed by atoms with E-state index in [2.05, 4.69) is 36.2 Å². The van der Waals surface area contributed by atoms with Gasteiger partial charge in [-0.05, 0) is 0 Å². The molecular weight excluding hydrogens is 293 g/mol. The summed E-state index contributed by atoms with van der Waals surface area (Å²) in [4.78, 5) is 16.2. The fourth-order valence-corrected chi connectivity index (χ4v) is 3.63. The summed E-state index contributed by atoms with van der Waals surface area (Å²) in [6, 6.07) is 8.23. The second-order valence-electron chi connectivity index (χ2n) is 4.02. The maximum atomic E-state index is 11.7. The Kier molecular flexibility index (Phi) is 4.00. The van der Waals surface area contributed by atoms with Crippen LogP contribution in [0.4, 0.5) is 0 Å². The molecule has 3 nitrogen and oxygen atoms in total. The normalized spacial score (nSPS) is 10.4. The zero-order chi connectivity index (χ0) is 13.1. The van der Waals surface area contributed by atoms with E-state index in [0.29, 0.717) is 6.61 Å². The molecule has 0 unspecified atom stereocenters. The van der Waals surface area contributed by atoms with Gasteiger partial charge in [0.2, 0.25) is 0 Å². The molecule has 0 radical (unpaired) electrons. The Bertz CT molecular complexity index is 558. The van der Waals surface area contributed by atoms with E-state index in [1.807, 2.05) is 13.8 Å². The number of nitrogens with zero attached hydrogens (tertiary/aromatic N) is 1. The van der Waals surface area contributed by atoms with Crippen molar-refractivity contribution in [3.63, 3.8) is 0 Å². The van der Waals surface area contributed by atoms with Gasteiger partial charge in [-0.25, -0.2) is 0 Å². The van der Waals surface area contributed by atoms with Crippen LogP contribution in [0.15, 0.2) is 24.3 Å². The van der Waals surface area contributed by atoms with E-state index in [1.165, 1.54) is 5.56 Å². The Morgan fingerprint density at radius 3 is 2.56 bits per heavy atom. The minimum absolute atomic E-state index is 0.0500. The Morgan fingerprint density at radius 2 is 1.94 bits per heavy atom. The molecule has 0 N–H and O–H groups in total. The van der Waals surface area contributed by atoms with Gasteiger partial charge in [0.15, 0.2) is 0 Å². The second kappa shape index (κ2) is 5.51. The third kappa shape index (κ3) is 2.71. The van der Waals surface area contributed by atoms with E-state index in [-0.39, 0.29) is 20.5 Å². The van der Waals surface area contributed by atoms with E-state index in [4.69, 9.17) is 4.74 Å². The van der Waals surface area contributed by atoms with Crippen molar-refractivity contribution in [2.45, 2.75) is 20.8 Å². The first kappa shape index (κ1) is 13.1. The molecule has 1 aromatic heterocycles. The van der Waals surface area contributed by atoms with Crippen LogP contribution in [0, 0.1) is 13.8 Å². The van der Waals surface area contributed by atoms with E-state index in [1.54, 1.807) is 0 Å². The maximum absolute atomic E-state index is 11.7. The van der Waals surface area contributed by atoms with Crippen LogP contribution in [0.2, 0.25) is 0 Å². The quantitative estimate of drug-likeness (QED) is 0.646. The Balaban J connectivity index is 2.34. The minimum atomic E-state index is -0.221. The van der Waals surface area contributed by atoms with Crippen LogP contribution in [-0.2, 0) is 4.74 Å². The van der Waals surface area contributed by atoms with E-state index >= 15 is 0 Å². The molecule has 0 saturated carbocycles. The number of carbonyl (C=O) groups excluding carboxylic acids is 1. The summed E-state index contributed by atoms with van der Waals surface area (Å²) in [6.45, 7) is 6.15. The topological polar surface area (TPSA) is 39.2 Å². The monoisotopic (exact) mass is 309 g/mol. The third-order valence-electron chi connectivity index (χ3n) is 2.56. The molecule has 2 rings (SSSR count). The molecule has 94 valence electrons. The van der Waals surface area contributed by atoms with Gasteiger partial charge in [0.1, 0.15) is 0 Å². The first-order valence-corrected chi connectivity index (χ1v) is 7.54. The summed E-state index contributed by atoms with van der Waals surface area (Å²) in [5.74, 6) is -0.221. The van der Waals surface area contributed by atoms with Crippen LogP contribution in [0.3, 0.4) is 0 Å². The Hall–Kier alpha value is -1.38. The Morgan fingerprint density at radius 1 is 1.28 bits per heavy atom. The van der Waals surface area contributed by atoms with Crippen LogP contribution in [-0.4, -0.2) is 32.1 Å². The van der Waals surface area contributed by atoms with Crippen molar-refractivity contribution in [3.05, 3.63) is 40.0 Å². The van der Waals surface area contributed by atoms with Crippen molar-refractivity contribution in [1.29, 1.82) is 0 Å². The van der Waals surface area contributed by atoms with Gasteiger partial charge in [0.05, 0.1) is 0 Å². The molecule has 2 aromatic rings. The molecule has 0 amide bonds. The SMILES string of the molecule is CCOC(=O)c1[se]c(-c2ccc(C)cc2)nc1C. The van der Waals surface area contributed by atoms with Crippen molar-refractivity contribution in [2.75, 3.05) is 6.61 Å². The molecule has 0 aliphatic carbocycles. The Labute approximate surface area is 113 Å². The number of aryl methyl sites for hydroxylation is 2. The summed E-state index contributed by atoms with van der Waals surface area (Å²) in [5.41, 5.74) is 3.11. The second-order valence-corrected chi connectivity index (χ2v) is 6.12. The molecule has 0 saturated heterocycles. The van der Waals surface area contributed by atoms with Crippen LogP contribution in [0.5, 0.6) is 0 Å². The zero-order valence-electron chi connectivity index (χ0n) is 10.7. The summed E-state index contributed by atoms with van der Waals surface area (Å²) >= 11 is -0.0500. The van der Waals surface area contributed by atoms with Gasteiger partial charge in [-0.3, -0.25) is 0 Å². The third-order valence-corrected chi connectivity index (χ3v) is 5.05. The van der Waals surface area contributed by atoms with E-state index in [0.717, 1.165) is 20.3 Å². The molecule has 0 aliphatic heterocycles. The van der Waals surface area contributed by atoms with E-state index < -0.39 is 0 Å². The molecule has 0 atom stereocenters. The summed E-state index contributed by atoms with van der Waals surface area (Å²) in [7, 11) is 0. The average molecular weight is 308 g/mol. The van der Waals surface area contributed by atoms with E-state index in [9.17, 15) is 4.79 Å². The first-order chi connectivity index (χ1) is 8.61. The van der Waals surface area contributed by atoms with Gasteiger partial charge >= 0.3 is 112 Å². The van der Waals surface area contributed by atoms with Gasteiger partial charge < -0.3 is 0 Å². The van der Waals surface area contributed by atoms with Crippen molar-refractivity contribution in [1.82, 2.24) is 4.98 Å². The zero-order valence-corrected chi connectivity index (χ0v) is 12.4. The van der Waals surface area contributed by atoms with Gasteiger partial charge in [-0.15, -0.1) is 0 Å². The van der Waals surface area contributed by atoms with Crippen LogP contribution < -0.4 is 0 Å². The van der Waals surface area contributed by atoms with Crippen molar-refractivity contribution in [2.24, 2.45) is 0 Å². The number of rotatable bonds is 3. The number of ether oxygens (including phenoxy) is 1. The summed E-state index contributed by atoms with van der Waals surface area (Å²) < 4.78 is 6.78. The summed E-state index contributed by atoms with van der Waals surface area (Å²) in [5, 5.41) is 0. The molecule has 0 fully saturated rings. The molecule has 0 spiro atoms. The van der Waals surface area contributed by atoms with Crippen LogP contribution in [0.1, 0.15) is 27.4 Å². The van der Waals surface area contributed by atoms with Crippen molar-refractivity contribution in [3.8, 4) is 10.1 Å². The number of benzene rings is 1. The number of esters is 1. The molecule has 0 aliphatic rings. The molecule has 4 heteroatoms. The molecule has 18 heavy (non-hydrogen) atoms. The number of hydrogen-bond acceptors (Lipinski definition) is 3. The van der Waals surface area contributed by atoms with Gasteiger partial charge in [-0.1, -0.05) is 0 Å². The van der Waals surface area contributed by atoms with Crippen LogP contribution >= 0.6 is 0 Å². The summed E-state index contributed by atoms with van der Waals surface area (Å²) in [6.07, 6.45) is 0. The molecule has 1 heterocycles. The average Bonchev–Trinajstić information content (AvgIpc) is 2.72. The number of carbonyl (C=O) groups is 1. The van der Waals surface area contributed by atoms with Gasteiger partial charge in [0, 0.05) is 0 Å². The predicted molar refractivity (Wildman–Crippen MR) is 72.0 cm³/mol. The van der Waals surface area contributed by atoms with Crippen molar-refractivity contribution < 1.29 is 9.53 Å². The molecule has 1 aromatic carbocycles. The first-order valence-electron chi connectivity index (χ1n) is 5.83. The number of hydrogen-bond donors (Lipinski definition) is 0. The fourth-order valence-electron chi connectivity index (χ4n) is 1.60. The molecular formula is C14H15NO2Se. The number of aromatic nitrogens is 1.